The number of piperidine rings is 2. The van der Waals surface area contributed by atoms with Gasteiger partial charge in [-0.1, -0.05) is 50.1 Å². The van der Waals surface area contributed by atoms with Gasteiger partial charge in [-0.05, 0) is 60.8 Å². The van der Waals surface area contributed by atoms with Crippen LogP contribution in [0.3, 0.4) is 0 Å². The third kappa shape index (κ3) is 11.9. The number of sulfonamides is 2. The summed E-state index contributed by atoms with van der Waals surface area (Å²) in [7, 11) is -7.99. The predicted molar refractivity (Wildman–Crippen MR) is 236 cm³/mol. The molecule has 0 unspecified atom stereocenters. The van der Waals surface area contributed by atoms with Crippen LogP contribution in [0.5, 0.6) is 0 Å². The van der Waals surface area contributed by atoms with Crippen LogP contribution in [0.15, 0.2) is 56.5 Å². The Bertz CT molecular complexity index is 2130. The van der Waals surface area contributed by atoms with Crippen molar-refractivity contribution in [3.63, 3.8) is 0 Å². The molecule has 2 aromatic rings. The Morgan fingerprint density at radius 2 is 0.922 bits per heavy atom. The first-order valence-corrected chi connectivity index (χ1v) is 25.2. The number of carbonyl (C=O) groups excluding carboxylic acids is 2. The van der Waals surface area contributed by atoms with E-state index in [-0.39, 0.29) is 84.4 Å². The number of carbonyl (C=O) groups is 2. The van der Waals surface area contributed by atoms with E-state index >= 15 is 0 Å². The Kier molecular flexibility index (Phi) is 16.1. The molecule has 4 saturated heterocycles. The van der Waals surface area contributed by atoms with Gasteiger partial charge in [0.1, 0.15) is 24.6 Å². The van der Waals surface area contributed by atoms with E-state index in [4.69, 9.17) is 28.6 Å². The van der Waals surface area contributed by atoms with Crippen LogP contribution in [-0.4, -0.2) is 177 Å². The topological polar surface area (TPSA) is 195 Å². The van der Waals surface area contributed by atoms with Crippen molar-refractivity contribution in [2.75, 3.05) is 118 Å². The molecule has 0 radical (unpaired) electrons. The average Bonchev–Trinajstić information content (AvgIpc) is 3.26. The molecule has 0 spiro atoms. The molecule has 18 nitrogen and oxygen atoms in total. The molecule has 0 amide bonds. The zero-order valence-corrected chi connectivity index (χ0v) is 38.9. The Labute approximate surface area is 376 Å². The van der Waals surface area contributed by atoms with Gasteiger partial charge in [0.05, 0.1) is 49.3 Å². The summed E-state index contributed by atoms with van der Waals surface area (Å²) in [5, 5.41) is 9.03. The van der Waals surface area contributed by atoms with Crippen molar-refractivity contribution in [1.29, 1.82) is 0 Å². The van der Waals surface area contributed by atoms with Gasteiger partial charge in [-0.15, -0.1) is 0 Å². The van der Waals surface area contributed by atoms with Gasteiger partial charge in [0.2, 0.25) is 20.0 Å². The zero-order valence-electron chi connectivity index (χ0n) is 37.3. The van der Waals surface area contributed by atoms with Crippen molar-refractivity contribution < 1.29 is 55.0 Å². The van der Waals surface area contributed by atoms with Gasteiger partial charge in [-0.2, -0.15) is 8.61 Å². The van der Waals surface area contributed by atoms with Crippen molar-refractivity contribution in [1.82, 2.24) is 18.4 Å². The molecule has 352 valence electrons. The lowest BCUT2D eigenvalue weighted by atomic mass is 9.83. The summed E-state index contributed by atoms with van der Waals surface area (Å²) in [6.07, 6.45) is 1.83. The van der Waals surface area contributed by atoms with Crippen molar-refractivity contribution in [3.8, 4) is 0 Å². The van der Waals surface area contributed by atoms with Crippen molar-refractivity contribution in [2.45, 2.75) is 50.3 Å². The molecule has 5 aliphatic rings. The maximum atomic E-state index is 14.3. The number of hydrogen-bond acceptors (Lipinski definition) is 16. The molecular weight excluding hydrogens is 869 g/mol. The largest absolute Gasteiger partial charge is 0.461 e. The standard InChI is InChI=1S/C44H62N6O12S2/c1-31-21-32(2)26-49(25-31)63(53,54)35-5-7-37-39(23-35)44(46-62-20-18-60-42(52)30-48-11-15-58-16-12-48)40-24-36(64(55,56)50-27-33(3)22-34(4)28-50)6-8-38(40)43(37)45-61-19-17-59-41(51)29-47-9-13-57-14-10-47/h5-8,23-24,31-34H,9-22,25-30H2,1-4H3/t31-,32+,33-,34+. The molecule has 4 heterocycles. The third-order valence-corrected chi connectivity index (χ3v) is 15.7. The van der Waals surface area contributed by atoms with E-state index in [1.54, 1.807) is 12.1 Å². The zero-order chi connectivity index (χ0) is 45.4. The van der Waals surface area contributed by atoms with Gasteiger partial charge in [-0.25, -0.2) is 16.8 Å². The minimum Gasteiger partial charge on any atom is -0.461 e. The third-order valence-electron chi connectivity index (χ3n) is 12.0. The molecular formula is C44H62N6O12S2. The number of esters is 2. The van der Waals surface area contributed by atoms with E-state index in [9.17, 15) is 26.4 Å². The Balaban J connectivity index is 1.22. The van der Waals surface area contributed by atoms with E-state index in [1.807, 2.05) is 37.5 Å². The van der Waals surface area contributed by atoms with Gasteiger partial charge in [0.15, 0.2) is 13.2 Å². The van der Waals surface area contributed by atoms with Gasteiger partial charge >= 0.3 is 11.9 Å². The highest BCUT2D eigenvalue weighted by atomic mass is 32.2. The summed E-state index contributed by atoms with van der Waals surface area (Å²) in [5.74, 6) is -0.174. The Hall–Kier alpha value is -4.02. The Morgan fingerprint density at radius 3 is 1.30 bits per heavy atom. The summed E-state index contributed by atoms with van der Waals surface area (Å²) in [4.78, 5) is 40.7. The number of fused-ring (bicyclic) bond motifs is 2. The van der Waals surface area contributed by atoms with E-state index < -0.39 is 32.0 Å². The molecule has 4 fully saturated rings. The maximum absolute atomic E-state index is 14.3. The second kappa shape index (κ2) is 21.5. The molecule has 0 N–H and O–H groups in total. The molecule has 2 aromatic carbocycles. The highest BCUT2D eigenvalue weighted by Crippen LogP contribution is 2.35. The van der Waals surface area contributed by atoms with E-state index in [2.05, 4.69) is 10.3 Å². The molecule has 1 aliphatic carbocycles. The molecule has 4 aliphatic heterocycles. The summed E-state index contributed by atoms with van der Waals surface area (Å²) >= 11 is 0. The van der Waals surface area contributed by atoms with Crippen LogP contribution in [0.25, 0.3) is 0 Å². The second-order valence-electron chi connectivity index (χ2n) is 17.7. The summed E-state index contributed by atoms with van der Waals surface area (Å²) in [6.45, 7) is 14.1. The first-order valence-electron chi connectivity index (χ1n) is 22.3. The lowest BCUT2D eigenvalue weighted by Gasteiger charge is -2.34. The van der Waals surface area contributed by atoms with Crippen LogP contribution in [0.4, 0.5) is 0 Å². The Morgan fingerprint density at radius 1 is 0.562 bits per heavy atom. The number of rotatable bonds is 16. The van der Waals surface area contributed by atoms with Gasteiger partial charge in [-0.3, -0.25) is 19.4 Å². The van der Waals surface area contributed by atoms with E-state index in [1.165, 1.54) is 32.9 Å². The number of benzene rings is 2. The fourth-order valence-electron chi connectivity index (χ4n) is 9.14. The minimum absolute atomic E-state index is 0.0215. The molecule has 0 saturated carbocycles. The quantitative estimate of drug-likeness (QED) is 0.116. The van der Waals surface area contributed by atoms with Gasteiger partial charge < -0.3 is 28.6 Å². The highest BCUT2D eigenvalue weighted by molar-refractivity contribution is 7.89. The average molecular weight is 931 g/mol. The molecule has 64 heavy (non-hydrogen) atoms. The number of hydrogen-bond donors (Lipinski definition) is 0. The normalized spacial score (nSPS) is 24.0. The van der Waals surface area contributed by atoms with Gasteiger partial charge in [0, 0.05) is 74.6 Å². The SMILES string of the molecule is C[C@@H]1C[C@H](C)CN(S(=O)(=O)c2ccc3c(c2)C(=NOCCOC(=O)CN2CCOCC2)c2cc(S(=O)(=O)N4C[C@H](C)C[C@H](C)C4)ccc2C3=NOCCOC(=O)CN2CCOCC2)C1. The second-order valence-corrected chi connectivity index (χ2v) is 21.6. The first-order chi connectivity index (χ1) is 30.7. The van der Waals surface area contributed by atoms with Crippen LogP contribution >= 0.6 is 0 Å². The number of nitrogens with zero attached hydrogens (tertiary/aromatic N) is 6. The molecule has 4 atom stereocenters. The van der Waals surface area contributed by atoms with Crippen LogP contribution in [0.1, 0.15) is 62.8 Å². The number of oxime groups is 2. The van der Waals surface area contributed by atoms with Crippen LogP contribution in [-0.2, 0) is 58.3 Å². The molecule has 0 bridgehead atoms. The van der Waals surface area contributed by atoms with E-state index in [0.717, 1.165) is 12.8 Å². The lowest BCUT2D eigenvalue weighted by Crippen LogP contribution is -2.42. The lowest BCUT2D eigenvalue weighted by molar-refractivity contribution is -0.148. The monoisotopic (exact) mass is 930 g/mol. The van der Waals surface area contributed by atoms with Crippen LogP contribution < -0.4 is 0 Å². The fourth-order valence-corrected chi connectivity index (χ4v) is 12.6. The van der Waals surface area contributed by atoms with Crippen molar-refractivity contribution >= 4 is 43.4 Å². The maximum Gasteiger partial charge on any atom is 0.320 e. The van der Waals surface area contributed by atoms with E-state index in [0.29, 0.717) is 101 Å². The van der Waals surface area contributed by atoms with Crippen LogP contribution in [0.2, 0.25) is 0 Å². The highest BCUT2D eigenvalue weighted by Gasteiger charge is 2.37. The van der Waals surface area contributed by atoms with Crippen molar-refractivity contribution in [3.05, 3.63) is 58.7 Å². The molecule has 0 aromatic heterocycles. The van der Waals surface area contributed by atoms with Crippen LogP contribution in [0, 0.1) is 23.7 Å². The summed E-state index contributed by atoms with van der Waals surface area (Å²) < 4.78 is 82.0. The smallest absolute Gasteiger partial charge is 0.320 e. The fraction of sp³-hybridized carbons (Fsp3) is 0.636. The van der Waals surface area contributed by atoms with Gasteiger partial charge in [0.25, 0.3) is 0 Å². The molecule has 20 heteroatoms. The first kappa shape index (κ1) is 47.9. The minimum atomic E-state index is -3.99. The number of ether oxygens (including phenoxy) is 4. The molecule has 7 rings (SSSR count). The summed E-state index contributed by atoms with van der Waals surface area (Å²) in [6, 6.07) is 9.35. The predicted octanol–water partition coefficient (Wildman–Crippen LogP) is 2.62. The van der Waals surface area contributed by atoms with Crippen molar-refractivity contribution in [2.24, 2.45) is 34.0 Å². The number of morpholine rings is 2. The summed E-state index contributed by atoms with van der Waals surface area (Å²) in [5.41, 5.74) is 1.97.